The Balaban J connectivity index is 3.32. The zero-order chi connectivity index (χ0) is 10.7. The van der Waals surface area contributed by atoms with Crippen LogP contribution in [0.2, 0.25) is 0 Å². The van der Waals surface area contributed by atoms with E-state index in [4.69, 9.17) is 5.11 Å². The second-order valence-electron chi connectivity index (χ2n) is 2.56. The summed E-state index contributed by atoms with van der Waals surface area (Å²) in [7, 11) is 1.23. The van der Waals surface area contributed by atoms with Gasteiger partial charge in [-0.15, -0.1) is 0 Å². The van der Waals surface area contributed by atoms with Crippen LogP contribution in [0.15, 0.2) is 10.9 Å². The molecule has 1 heterocycles. The molecule has 0 amide bonds. The molecule has 6 heteroatoms. The number of aliphatic hydroxyl groups excluding tert-OH is 1. The van der Waals surface area contributed by atoms with E-state index in [1.54, 1.807) is 0 Å². The van der Waals surface area contributed by atoms with Crippen LogP contribution in [-0.4, -0.2) is 17.2 Å². The second-order valence-corrected chi connectivity index (χ2v) is 2.56. The number of aromatic nitrogens is 1. The van der Waals surface area contributed by atoms with Crippen molar-refractivity contribution in [2.24, 2.45) is 0 Å². The number of aliphatic hydroxyl groups is 1. The lowest BCUT2D eigenvalue weighted by Crippen LogP contribution is -2.12. The number of hydrogen-bond acceptors (Lipinski definition) is 3. The smallest absolute Gasteiger partial charge is 0.278 e. The summed E-state index contributed by atoms with van der Waals surface area (Å²) in [6, 6.07) is 0.753. The maximum Gasteiger partial charge on any atom is 0.278 e. The van der Waals surface area contributed by atoms with Gasteiger partial charge in [0.15, 0.2) is 5.75 Å². The van der Waals surface area contributed by atoms with Gasteiger partial charge in [0.2, 0.25) is 5.43 Å². The van der Waals surface area contributed by atoms with E-state index in [0.29, 0.717) is 0 Å². The highest BCUT2D eigenvalue weighted by molar-refractivity contribution is 5.29. The van der Waals surface area contributed by atoms with Crippen LogP contribution in [0.5, 0.6) is 5.75 Å². The minimum atomic E-state index is -2.78. The van der Waals surface area contributed by atoms with Crippen LogP contribution in [0.3, 0.4) is 0 Å². The highest BCUT2D eigenvalue weighted by atomic mass is 19.3. The Morgan fingerprint density at radius 1 is 1.64 bits per heavy atom. The highest BCUT2D eigenvalue weighted by Gasteiger charge is 2.14. The molecule has 1 aromatic heterocycles. The Morgan fingerprint density at radius 3 is 2.71 bits per heavy atom. The quantitative estimate of drug-likeness (QED) is 0.767. The summed E-state index contributed by atoms with van der Waals surface area (Å²) < 4.78 is 29.1. The van der Waals surface area contributed by atoms with Crippen molar-refractivity contribution in [3.8, 4) is 5.75 Å². The summed E-state index contributed by atoms with van der Waals surface area (Å²) in [4.78, 5) is 13.4. The van der Waals surface area contributed by atoms with Gasteiger partial charge in [-0.2, -0.15) is 0 Å². The Bertz CT molecular complexity index is 375. The van der Waals surface area contributed by atoms with Crippen molar-refractivity contribution in [2.45, 2.75) is 13.0 Å². The number of pyridine rings is 1. The Morgan fingerprint density at radius 2 is 2.29 bits per heavy atom. The molecule has 0 aromatic carbocycles. The fraction of sp³-hybridized carbons (Fsp3) is 0.375. The van der Waals surface area contributed by atoms with Crippen LogP contribution in [0, 0.1) is 0 Å². The van der Waals surface area contributed by atoms with Crippen molar-refractivity contribution < 1.29 is 18.6 Å². The molecule has 2 N–H and O–H groups in total. The molecule has 0 spiro atoms. The van der Waals surface area contributed by atoms with E-state index in [0.717, 1.165) is 6.07 Å². The standard InChI is InChI=1S/C8H9F2NO3/c1-14-7-5(3-12)11-4(8(9)10)2-6(7)13/h2,8,12H,3H2,1H3,(H,11,13). The minimum Gasteiger partial charge on any atom is -0.491 e. The molecule has 0 aliphatic rings. The van der Waals surface area contributed by atoms with Crippen LogP contribution < -0.4 is 10.2 Å². The summed E-state index contributed by atoms with van der Waals surface area (Å²) in [5.74, 6) is -0.142. The maximum atomic E-state index is 12.2. The summed E-state index contributed by atoms with van der Waals surface area (Å²) in [5, 5.41) is 8.79. The molecule has 0 bridgehead atoms. The molecule has 0 aliphatic carbocycles. The van der Waals surface area contributed by atoms with Crippen molar-refractivity contribution in [3.63, 3.8) is 0 Å². The van der Waals surface area contributed by atoms with Gasteiger partial charge in [-0.3, -0.25) is 4.79 Å². The van der Waals surface area contributed by atoms with Crippen LogP contribution in [0.25, 0.3) is 0 Å². The lowest BCUT2D eigenvalue weighted by molar-refractivity contribution is 0.144. The second kappa shape index (κ2) is 4.19. The molecule has 14 heavy (non-hydrogen) atoms. The molecule has 1 aromatic rings. The van der Waals surface area contributed by atoms with E-state index < -0.39 is 24.2 Å². The molecule has 0 unspecified atom stereocenters. The predicted octanol–water partition coefficient (Wildman–Crippen LogP) is 0.813. The average molecular weight is 205 g/mol. The minimum absolute atomic E-state index is 0.0460. The summed E-state index contributed by atoms with van der Waals surface area (Å²) >= 11 is 0. The molecule has 4 nitrogen and oxygen atoms in total. The third-order valence-corrected chi connectivity index (χ3v) is 1.68. The first-order valence-corrected chi connectivity index (χ1v) is 3.79. The van der Waals surface area contributed by atoms with Crippen LogP contribution >= 0.6 is 0 Å². The number of rotatable bonds is 3. The molecule has 78 valence electrons. The molecule has 0 saturated heterocycles. The van der Waals surface area contributed by atoms with Gasteiger partial charge in [-0.1, -0.05) is 0 Å². The molecular weight excluding hydrogens is 196 g/mol. The van der Waals surface area contributed by atoms with Crippen molar-refractivity contribution in [1.82, 2.24) is 4.98 Å². The topological polar surface area (TPSA) is 62.3 Å². The lowest BCUT2D eigenvalue weighted by atomic mass is 10.2. The van der Waals surface area contributed by atoms with E-state index >= 15 is 0 Å². The maximum absolute atomic E-state index is 12.2. The zero-order valence-electron chi connectivity index (χ0n) is 7.38. The third-order valence-electron chi connectivity index (χ3n) is 1.68. The number of methoxy groups -OCH3 is 1. The summed E-state index contributed by atoms with van der Waals surface area (Å²) in [5.41, 5.74) is -1.25. The number of alkyl halides is 2. The van der Waals surface area contributed by atoms with Gasteiger partial charge >= 0.3 is 0 Å². The Kier molecular flexibility index (Phi) is 3.19. The van der Waals surface area contributed by atoms with Crippen LogP contribution in [0.1, 0.15) is 17.8 Å². The van der Waals surface area contributed by atoms with Crippen molar-refractivity contribution in [1.29, 1.82) is 0 Å². The van der Waals surface area contributed by atoms with E-state index in [1.165, 1.54) is 7.11 Å². The van der Waals surface area contributed by atoms with Crippen molar-refractivity contribution in [3.05, 3.63) is 27.7 Å². The van der Waals surface area contributed by atoms with Crippen molar-refractivity contribution >= 4 is 0 Å². The first-order chi connectivity index (χ1) is 6.60. The van der Waals surface area contributed by atoms with E-state index in [1.807, 2.05) is 0 Å². The summed E-state index contributed by atoms with van der Waals surface area (Å²) in [6.07, 6.45) is -2.78. The molecule has 0 fully saturated rings. The SMILES string of the molecule is COc1c(CO)[nH]c(C(F)F)cc1=O. The summed E-state index contributed by atoms with van der Waals surface area (Å²) in [6.45, 7) is -0.557. The van der Waals surface area contributed by atoms with Gasteiger partial charge in [0.25, 0.3) is 6.43 Å². The predicted molar refractivity (Wildman–Crippen MR) is 44.5 cm³/mol. The average Bonchev–Trinajstić information content (AvgIpc) is 2.16. The Hall–Kier alpha value is -1.43. The van der Waals surface area contributed by atoms with Crippen LogP contribution in [-0.2, 0) is 6.61 Å². The number of ether oxygens (including phenoxy) is 1. The lowest BCUT2D eigenvalue weighted by Gasteiger charge is -2.07. The van der Waals surface area contributed by atoms with Gasteiger partial charge < -0.3 is 14.8 Å². The zero-order valence-corrected chi connectivity index (χ0v) is 7.38. The number of aromatic amines is 1. The van der Waals surface area contributed by atoms with E-state index in [2.05, 4.69) is 9.72 Å². The van der Waals surface area contributed by atoms with E-state index in [-0.39, 0.29) is 11.4 Å². The van der Waals surface area contributed by atoms with Crippen molar-refractivity contribution in [2.75, 3.05) is 7.11 Å². The molecular formula is C8H9F2NO3. The molecule has 0 aliphatic heterocycles. The van der Waals surface area contributed by atoms with Gasteiger partial charge in [0, 0.05) is 6.07 Å². The monoisotopic (exact) mass is 205 g/mol. The van der Waals surface area contributed by atoms with Crippen LogP contribution in [0.4, 0.5) is 8.78 Å². The molecule has 0 radical (unpaired) electrons. The first-order valence-electron chi connectivity index (χ1n) is 3.79. The van der Waals surface area contributed by atoms with Gasteiger partial charge in [0.05, 0.1) is 25.1 Å². The van der Waals surface area contributed by atoms with Gasteiger partial charge in [-0.25, -0.2) is 8.78 Å². The number of nitrogens with one attached hydrogen (secondary N) is 1. The van der Waals surface area contributed by atoms with Gasteiger partial charge in [-0.05, 0) is 0 Å². The number of H-pyrrole nitrogens is 1. The normalized spacial score (nSPS) is 10.6. The third kappa shape index (κ3) is 1.90. The highest BCUT2D eigenvalue weighted by Crippen LogP contribution is 2.18. The Labute approximate surface area is 78.1 Å². The first kappa shape index (κ1) is 10.6. The number of hydrogen-bond donors (Lipinski definition) is 2. The fourth-order valence-electron chi connectivity index (χ4n) is 1.08. The molecule has 0 atom stereocenters. The van der Waals surface area contributed by atoms with Gasteiger partial charge in [0.1, 0.15) is 0 Å². The molecule has 1 rings (SSSR count). The largest absolute Gasteiger partial charge is 0.491 e. The molecule has 0 saturated carbocycles. The fourth-order valence-corrected chi connectivity index (χ4v) is 1.08. The van der Waals surface area contributed by atoms with E-state index in [9.17, 15) is 13.6 Å². The number of halogens is 2.